The first-order valence-electron chi connectivity index (χ1n) is 5.74. The van der Waals surface area contributed by atoms with Gasteiger partial charge in [-0.3, -0.25) is 0 Å². The highest BCUT2D eigenvalue weighted by Gasteiger charge is 2.34. The van der Waals surface area contributed by atoms with Crippen molar-refractivity contribution in [2.75, 3.05) is 7.11 Å². The van der Waals surface area contributed by atoms with E-state index in [-0.39, 0.29) is 11.6 Å². The van der Waals surface area contributed by atoms with E-state index in [1.165, 1.54) is 7.11 Å². The fourth-order valence-corrected chi connectivity index (χ4v) is 1.74. The van der Waals surface area contributed by atoms with Gasteiger partial charge in [-0.2, -0.15) is 18.2 Å². The highest BCUT2D eigenvalue weighted by molar-refractivity contribution is 6.28. The van der Waals surface area contributed by atoms with Gasteiger partial charge in [-0.05, 0) is 36.2 Å². The summed E-state index contributed by atoms with van der Waals surface area (Å²) in [5.74, 6) is 0.286. The van der Waals surface area contributed by atoms with E-state index >= 15 is 0 Å². The number of alkyl halides is 3. The van der Waals surface area contributed by atoms with E-state index in [9.17, 15) is 13.2 Å². The molecule has 0 amide bonds. The van der Waals surface area contributed by atoms with Crippen molar-refractivity contribution in [1.29, 1.82) is 0 Å². The number of nitrogens with zero attached hydrogens (tertiary/aromatic N) is 2. The monoisotopic (exact) mass is 318 g/mol. The topological polar surface area (TPSA) is 44.2 Å². The third kappa shape index (κ3) is 3.75. The van der Waals surface area contributed by atoms with E-state index in [1.54, 1.807) is 18.2 Å². The first kappa shape index (κ1) is 15.4. The van der Waals surface area contributed by atoms with Crippen LogP contribution in [-0.2, 0) is 6.18 Å². The molecule has 2 aromatic rings. The van der Waals surface area contributed by atoms with Crippen LogP contribution in [0.5, 0.6) is 17.4 Å². The van der Waals surface area contributed by atoms with Crippen molar-refractivity contribution in [2.24, 2.45) is 0 Å². The largest absolute Gasteiger partial charge is 0.493 e. The summed E-state index contributed by atoms with van der Waals surface area (Å²) in [7, 11) is 1.43. The molecule has 8 heteroatoms. The van der Waals surface area contributed by atoms with Crippen LogP contribution >= 0.6 is 11.6 Å². The molecule has 4 nitrogen and oxygen atoms in total. The van der Waals surface area contributed by atoms with Crippen molar-refractivity contribution in [3.05, 3.63) is 40.8 Å². The minimum Gasteiger partial charge on any atom is -0.493 e. The highest BCUT2D eigenvalue weighted by Crippen LogP contribution is 2.34. The van der Waals surface area contributed by atoms with Crippen LogP contribution in [0.3, 0.4) is 0 Å². The molecule has 0 saturated carbocycles. The maximum absolute atomic E-state index is 12.7. The molecule has 0 saturated heterocycles. The molecule has 0 spiro atoms. The van der Waals surface area contributed by atoms with E-state index < -0.39 is 17.2 Å². The van der Waals surface area contributed by atoms with Crippen LogP contribution in [0.4, 0.5) is 13.2 Å². The lowest BCUT2D eigenvalue weighted by Gasteiger charge is -2.12. The highest BCUT2D eigenvalue weighted by atomic mass is 35.5. The number of rotatable bonds is 3. The molecular formula is C13H10ClF3N2O2. The van der Waals surface area contributed by atoms with Crippen LogP contribution < -0.4 is 9.47 Å². The first-order chi connectivity index (χ1) is 9.79. The maximum Gasteiger partial charge on any atom is 0.433 e. The Bertz CT molecular complexity index is 662. The van der Waals surface area contributed by atoms with Gasteiger partial charge in [-0.25, -0.2) is 4.98 Å². The van der Waals surface area contributed by atoms with Crippen LogP contribution in [-0.4, -0.2) is 17.1 Å². The van der Waals surface area contributed by atoms with Crippen molar-refractivity contribution in [3.63, 3.8) is 0 Å². The summed E-state index contributed by atoms with van der Waals surface area (Å²) in [5, 5.41) is -0.550. The van der Waals surface area contributed by atoms with Crippen LogP contribution in [0.25, 0.3) is 0 Å². The average molecular weight is 319 g/mol. The zero-order chi connectivity index (χ0) is 15.6. The summed E-state index contributed by atoms with van der Waals surface area (Å²) in [4.78, 5) is 6.74. The second kappa shape index (κ2) is 5.77. The molecule has 0 unspecified atom stereocenters. The van der Waals surface area contributed by atoms with Crippen LogP contribution in [0.2, 0.25) is 5.28 Å². The Labute approximate surface area is 123 Å². The Kier molecular flexibility index (Phi) is 4.22. The van der Waals surface area contributed by atoms with Crippen LogP contribution in [0.1, 0.15) is 11.3 Å². The van der Waals surface area contributed by atoms with E-state index in [2.05, 4.69) is 9.97 Å². The lowest BCUT2D eigenvalue weighted by Crippen LogP contribution is -2.09. The summed E-state index contributed by atoms with van der Waals surface area (Å²) in [6.45, 7) is 1.84. The van der Waals surface area contributed by atoms with Crippen molar-refractivity contribution in [2.45, 2.75) is 13.1 Å². The molecule has 112 valence electrons. The summed E-state index contributed by atoms with van der Waals surface area (Å²) >= 11 is 5.49. The van der Waals surface area contributed by atoms with E-state index in [1.807, 2.05) is 6.92 Å². The Morgan fingerprint density at radius 1 is 1.10 bits per heavy atom. The molecule has 0 aliphatic rings. The summed E-state index contributed by atoms with van der Waals surface area (Å²) in [5.41, 5.74) is -0.264. The van der Waals surface area contributed by atoms with Gasteiger partial charge in [0.25, 0.3) is 0 Å². The molecule has 0 N–H and O–H groups in total. The minimum atomic E-state index is -4.64. The molecule has 0 aliphatic heterocycles. The predicted molar refractivity (Wildman–Crippen MR) is 69.8 cm³/mol. The number of methoxy groups -OCH3 is 1. The normalized spacial score (nSPS) is 11.3. The molecule has 0 radical (unpaired) electrons. The summed E-state index contributed by atoms with van der Waals surface area (Å²) in [6.07, 6.45) is -4.64. The van der Waals surface area contributed by atoms with Crippen molar-refractivity contribution in [3.8, 4) is 17.4 Å². The van der Waals surface area contributed by atoms with Gasteiger partial charge < -0.3 is 9.47 Å². The number of aryl methyl sites for hydroxylation is 1. The number of hydrogen-bond donors (Lipinski definition) is 0. The van der Waals surface area contributed by atoms with E-state index in [0.29, 0.717) is 11.8 Å². The van der Waals surface area contributed by atoms with Gasteiger partial charge in [-0.15, -0.1) is 0 Å². The number of aromatic nitrogens is 2. The fraction of sp³-hybridized carbons (Fsp3) is 0.231. The van der Waals surface area contributed by atoms with E-state index in [0.717, 1.165) is 5.56 Å². The Morgan fingerprint density at radius 3 is 2.43 bits per heavy atom. The Balaban J connectivity index is 2.38. The Hall–Kier alpha value is -2.02. The molecule has 0 bridgehead atoms. The molecule has 2 rings (SSSR count). The molecular weight excluding hydrogens is 309 g/mol. The van der Waals surface area contributed by atoms with Gasteiger partial charge in [0.15, 0.2) is 17.2 Å². The molecule has 21 heavy (non-hydrogen) atoms. The molecule has 1 aromatic heterocycles. The van der Waals surface area contributed by atoms with Gasteiger partial charge in [0.2, 0.25) is 11.2 Å². The van der Waals surface area contributed by atoms with Gasteiger partial charge in [0, 0.05) is 6.07 Å². The van der Waals surface area contributed by atoms with Crippen LogP contribution in [0.15, 0.2) is 24.3 Å². The minimum absolute atomic E-state index is 0.228. The fourth-order valence-electron chi connectivity index (χ4n) is 1.57. The quantitative estimate of drug-likeness (QED) is 0.793. The van der Waals surface area contributed by atoms with Crippen LogP contribution in [0, 0.1) is 6.92 Å². The number of ether oxygens (including phenoxy) is 2. The second-order valence-electron chi connectivity index (χ2n) is 4.11. The zero-order valence-corrected chi connectivity index (χ0v) is 11.8. The van der Waals surface area contributed by atoms with Crippen molar-refractivity contribution in [1.82, 2.24) is 9.97 Å². The number of hydrogen-bond acceptors (Lipinski definition) is 4. The van der Waals surface area contributed by atoms with Crippen molar-refractivity contribution < 1.29 is 22.6 Å². The summed E-state index contributed by atoms with van der Waals surface area (Å²) < 4.78 is 48.4. The molecule has 0 fully saturated rings. The zero-order valence-electron chi connectivity index (χ0n) is 11.0. The summed E-state index contributed by atoms with van der Waals surface area (Å²) in [6, 6.07) is 5.65. The second-order valence-corrected chi connectivity index (χ2v) is 4.45. The average Bonchev–Trinajstić information content (AvgIpc) is 2.39. The third-order valence-corrected chi connectivity index (χ3v) is 2.67. The molecule has 0 atom stereocenters. The van der Waals surface area contributed by atoms with Gasteiger partial charge in [0.05, 0.1) is 7.11 Å². The molecule has 1 aromatic carbocycles. The number of benzene rings is 1. The first-order valence-corrected chi connectivity index (χ1v) is 6.11. The lowest BCUT2D eigenvalue weighted by atomic mass is 10.2. The predicted octanol–water partition coefficient (Wildman–Crippen LogP) is 4.26. The van der Waals surface area contributed by atoms with Gasteiger partial charge in [0.1, 0.15) is 0 Å². The van der Waals surface area contributed by atoms with Gasteiger partial charge in [-0.1, -0.05) is 6.07 Å². The smallest absolute Gasteiger partial charge is 0.433 e. The number of halogens is 4. The molecule has 0 aliphatic carbocycles. The Morgan fingerprint density at radius 2 is 1.81 bits per heavy atom. The van der Waals surface area contributed by atoms with Crippen molar-refractivity contribution >= 4 is 11.6 Å². The van der Waals surface area contributed by atoms with E-state index in [4.69, 9.17) is 21.1 Å². The standard InChI is InChI=1S/C13H10ClF3N2O2/c1-7-3-4-8(9(5-7)20-2)21-11-6-10(13(15,16)17)18-12(14)19-11/h3-6H,1-2H3. The lowest BCUT2D eigenvalue weighted by molar-refractivity contribution is -0.141. The van der Waals surface area contributed by atoms with Gasteiger partial charge >= 0.3 is 6.18 Å². The SMILES string of the molecule is COc1cc(C)ccc1Oc1cc(C(F)(F)F)nc(Cl)n1. The molecule has 1 heterocycles. The third-order valence-electron chi connectivity index (χ3n) is 2.50. The maximum atomic E-state index is 12.7.